The first kappa shape index (κ1) is 20.1. The standard InChI is InChI=1S/C27H30N2O2/c1-30-24-11-9-19(10-12-24)22-16-21-13-15-31-27(21)23(17-22)18-29-25-8-5-14-28-26(25)20-6-3-2-4-7-20/h2-4,6-7,9-12,16-17,25-26,28-29H,5,8,13-15,18H2,1H3/t25-,26-/m0/s1. The second-order valence-electron chi connectivity index (χ2n) is 8.42. The predicted octanol–water partition coefficient (Wildman–Crippen LogP) is 4.88. The van der Waals surface area contributed by atoms with E-state index < -0.39 is 0 Å². The van der Waals surface area contributed by atoms with Crippen molar-refractivity contribution in [2.24, 2.45) is 0 Å². The minimum absolute atomic E-state index is 0.341. The topological polar surface area (TPSA) is 42.5 Å². The lowest BCUT2D eigenvalue weighted by Crippen LogP contribution is -2.45. The molecule has 0 unspecified atom stereocenters. The van der Waals surface area contributed by atoms with Gasteiger partial charge in [-0.15, -0.1) is 0 Å². The number of hydrogen-bond acceptors (Lipinski definition) is 4. The molecule has 0 spiro atoms. The van der Waals surface area contributed by atoms with E-state index >= 15 is 0 Å². The zero-order valence-corrected chi connectivity index (χ0v) is 18.1. The van der Waals surface area contributed by atoms with Crippen molar-refractivity contribution in [2.45, 2.75) is 37.9 Å². The van der Waals surface area contributed by atoms with Crippen LogP contribution in [0.2, 0.25) is 0 Å². The minimum Gasteiger partial charge on any atom is -0.497 e. The molecule has 2 aliphatic heterocycles. The third-order valence-electron chi connectivity index (χ3n) is 6.46. The van der Waals surface area contributed by atoms with Crippen LogP contribution in [0.5, 0.6) is 11.5 Å². The molecule has 4 nitrogen and oxygen atoms in total. The van der Waals surface area contributed by atoms with Crippen LogP contribution in [0.25, 0.3) is 11.1 Å². The highest BCUT2D eigenvalue weighted by molar-refractivity contribution is 5.68. The van der Waals surface area contributed by atoms with E-state index in [2.05, 4.69) is 65.2 Å². The van der Waals surface area contributed by atoms with Crippen molar-refractivity contribution in [1.82, 2.24) is 10.6 Å². The van der Waals surface area contributed by atoms with Crippen molar-refractivity contribution in [2.75, 3.05) is 20.3 Å². The summed E-state index contributed by atoms with van der Waals surface area (Å²) in [6, 6.07) is 24.4. The van der Waals surface area contributed by atoms with Crippen LogP contribution in [0.4, 0.5) is 0 Å². The number of hydrogen-bond donors (Lipinski definition) is 2. The van der Waals surface area contributed by atoms with Gasteiger partial charge in [0.2, 0.25) is 0 Å². The number of rotatable bonds is 6. The Balaban J connectivity index is 1.38. The second kappa shape index (κ2) is 9.13. The van der Waals surface area contributed by atoms with E-state index in [9.17, 15) is 0 Å². The lowest BCUT2D eigenvalue weighted by atomic mass is 9.92. The molecule has 2 atom stereocenters. The Labute approximate surface area is 184 Å². The fraction of sp³-hybridized carbons (Fsp3) is 0.333. The molecule has 4 heteroatoms. The van der Waals surface area contributed by atoms with Crippen molar-refractivity contribution < 1.29 is 9.47 Å². The van der Waals surface area contributed by atoms with Gasteiger partial charge in [0.1, 0.15) is 11.5 Å². The molecular formula is C27H30N2O2. The molecule has 0 aromatic heterocycles. The van der Waals surface area contributed by atoms with Crippen LogP contribution in [-0.2, 0) is 13.0 Å². The van der Waals surface area contributed by atoms with Gasteiger partial charge >= 0.3 is 0 Å². The molecule has 0 radical (unpaired) electrons. The Morgan fingerprint density at radius 2 is 1.87 bits per heavy atom. The fourth-order valence-corrected chi connectivity index (χ4v) is 4.83. The van der Waals surface area contributed by atoms with Crippen molar-refractivity contribution in [3.05, 3.63) is 83.4 Å². The smallest absolute Gasteiger partial charge is 0.127 e. The van der Waals surface area contributed by atoms with Gasteiger partial charge in [0.25, 0.3) is 0 Å². The molecule has 2 N–H and O–H groups in total. The van der Waals surface area contributed by atoms with Gasteiger partial charge in [-0.2, -0.15) is 0 Å². The van der Waals surface area contributed by atoms with Crippen molar-refractivity contribution in [1.29, 1.82) is 0 Å². The molecule has 2 aliphatic rings. The maximum atomic E-state index is 6.03. The summed E-state index contributed by atoms with van der Waals surface area (Å²) in [7, 11) is 1.70. The maximum absolute atomic E-state index is 6.03. The molecular weight excluding hydrogens is 384 g/mol. The summed E-state index contributed by atoms with van der Waals surface area (Å²) in [5.74, 6) is 1.96. The summed E-state index contributed by atoms with van der Waals surface area (Å²) in [5.41, 5.74) is 6.36. The highest BCUT2D eigenvalue weighted by atomic mass is 16.5. The molecule has 3 aromatic carbocycles. The van der Waals surface area contributed by atoms with E-state index in [0.717, 1.165) is 37.6 Å². The van der Waals surface area contributed by atoms with Gasteiger partial charge in [0, 0.05) is 30.6 Å². The first-order valence-electron chi connectivity index (χ1n) is 11.3. The first-order chi connectivity index (χ1) is 15.3. The lowest BCUT2D eigenvalue weighted by Gasteiger charge is -2.34. The van der Waals surface area contributed by atoms with Gasteiger partial charge in [-0.05, 0) is 65.9 Å². The predicted molar refractivity (Wildman–Crippen MR) is 125 cm³/mol. The van der Waals surface area contributed by atoms with Crippen LogP contribution in [0.1, 0.15) is 35.6 Å². The van der Waals surface area contributed by atoms with Crippen molar-refractivity contribution in [3.63, 3.8) is 0 Å². The fourth-order valence-electron chi connectivity index (χ4n) is 4.83. The monoisotopic (exact) mass is 414 g/mol. The number of ether oxygens (including phenoxy) is 2. The SMILES string of the molecule is COc1ccc(-c2cc3c(c(CN[C@H]4CCCN[C@H]4c4ccccc4)c2)OCC3)cc1. The van der Waals surface area contributed by atoms with E-state index in [1.54, 1.807) is 7.11 Å². The van der Waals surface area contributed by atoms with Crippen LogP contribution in [0, 0.1) is 0 Å². The summed E-state index contributed by atoms with van der Waals surface area (Å²) >= 11 is 0. The van der Waals surface area contributed by atoms with Gasteiger partial charge in [0.15, 0.2) is 0 Å². The van der Waals surface area contributed by atoms with E-state index in [-0.39, 0.29) is 0 Å². The zero-order valence-electron chi connectivity index (χ0n) is 18.1. The van der Waals surface area contributed by atoms with Crippen LogP contribution < -0.4 is 20.1 Å². The molecule has 1 fully saturated rings. The summed E-state index contributed by atoms with van der Waals surface area (Å²) in [6.07, 6.45) is 3.35. The Kier molecular flexibility index (Phi) is 5.92. The van der Waals surface area contributed by atoms with E-state index in [4.69, 9.17) is 9.47 Å². The average Bonchev–Trinajstić information content (AvgIpc) is 3.32. The number of piperidine rings is 1. The molecule has 1 saturated heterocycles. The third-order valence-corrected chi connectivity index (χ3v) is 6.46. The number of fused-ring (bicyclic) bond motifs is 1. The van der Waals surface area contributed by atoms with E-state index in [1.807, 2.05) is 12.1 Å². The summed E-state index contributed by atoms with van der Waals surface area (Å²) < 4.78 is 11.4. The average molecular weight is 415 g/mol. The highest BCUT2D eigenvalue weighted by Gasteiger charge is 2.26. The third kappa shape index (κ3) is 4.32. The van der Waals surface area contributed by atoms with Crippen LogP contribution in [0.3, 0.4) is 0 Å². The number of benzene rings is 3. The number of nitrogens with one attached hydrogen (secondary N) is 2. The van der Waals surface area contributed by atoms with Gasteiger partial charge in [0.05, 0.1) is 13.7 Å². The van der Waals surface area contributed by atoms with Crippen LogP contribution in [0.15, 0.2) is 66.7 Å². The molecule has 0 aliphatic carbocycles. The van der Waals surface area contributed by atoms with Gasteiger partial charge in [-0.3, -0.25) is 0 Å². The van der Waals surface area contributed by atoms with Gasteiger partial charge in [-0.1, -0.05) is 42.5 Å². The molecule has 2 heterocycles. The lowest BCUT2D eigenvalue weighted by molar-refractivity contribution is 0.301. The molecule has 31 heavy (non-hydrogen) atoms. The van der Waals surface area contributed by atoms with Gasteiger partial charge in [-0.25, -0.2) is 0 Å². The van der Waals surface area contributed by atoms with Crippen LogP contribution >= 0.6 is 0 Å². The molecule has 160 valence electrons. The van der Waals surface area contributed by atoms with Gasteiger partial charge < -0.3 is 20.1 Å². The van der Waals surface area contributed by atoms with Crippen LogP contribution in [-0.4, -0.2) is 26.3 Å². The molecule has 0 bridgehead atoms. The zero-order chi connectivity index (χ0) is 21.0. The summed E-state index contributed by atoms with van der Waals surface area (Å²) in [4.78, 5) is 0. The minimum atomic E-state index is 0.341. The molecule has 0 saturated carbocycles. The van der Waals surface area contributed by atoms with Crippen molar-refractivity contribution >= 4 is 0 Å². The van der Waals surface area contributed by atoms with E-state index in [0.29, 0.717) is 12.1 Å². The maximum Gasteiger partial charge on any atom is 0.127 e. The Morgan fingerprint density at radius 3 is 2.68 bits per heavy atom. The number of methoxy groups -OCH3 is 1. The second-order valence-corrected chi connectivity index (χ2v) is 8.42. The largest absolute Gasteiger partial charge is 0.497 e. The Morgan fingerprint density at radius 1 is 1.03 bits per heavy atom. The Bertz CT molecular complexity index is 1020. The van der Waals surface area contributed by atoms with E-state index in [1.165, 1.54) is 40.7 Å². The molecule has 5 rings (SSSR count). The van der Waals surface area contributed by atoms with Crippen molar-refractivity contribution in [3.8, 4) is 22.6 Å². The molecule has 0 amide bonds. The summed E-state index contributed by atoms with van der Waals surface area (Å²) in [6.45, 7) is 2.65. The highest BCUT2D eigenvalue weighted by Crippen LogP contribution is 2.35. The Hall–Kier alpha value is -2.82. The molecule has 3 aromatic rings. The normalized spacial score (nSPS) is 20.2. The quantitative estimate of drug-likeness (QED) is 0.603. The summed E-state index contributed by atoms with van der Waals surface area (Å²) in [5, 5.41) is 7.57. The first-order valence-corrected chi connectivity index (χ1v) is 11.3.